The third kappa shape index (κ3) is 446. The summed E-state index contributed by atoms with van der Waals surface area (Å²) >= 11 is -11.3. The van der Waals surface area contributed by atoms with E-state index in [4.69, 9.17) is 0 Å². The zero-order valence-corrected chi connectivity index (χ0v) is 7.34. The molecule has 56 valence electrons. The predicted octanol–water partition coefficient (Wildman–Crippen LogP) is 2.96. The van der Waals surface area contributed by atoms with Crippen molar-refractivity contribution >= 4 is 9.90 Å². The average Bonchev–Trinajstić information content (AvgIpc) is 0.592. The van der Waals surface area contributed by atoms with Gasteiger partial charge in [-0.1, -0.05) is 0 Å². The van der Waals surface area contributed by atoms with Gasteiger partial charge in [-0.15, -0.1) is 0 Å². The first kappa shape index (κ1) is 11.5. The van der Waals surface area contributed by atoms with Crippen molar-refractivity contribution in [2.24, 2.45) is 0 Å². The molecule has 0 amide bonds. The Hall–Kier alpha value is 0.698. The van der Waals surface area contributed by atoms with E-state index in [2.05, 4.69) is 0 Å². The zero-order chi connectivity index (χ0) is 6.41. The third-order valence-electron chi connectivity index (χ3n) is 0. The summed E-state index contributed by atoms with van der Waals surface area (Å²) in [4.78, 5) is 0. The molecule has 0 aromatic carbocycles. The molecule has 0 rings (SSSR count). The molecule has 0 aromatic rings. The van der Waals surface area contributed by atoms with Crippen LogP contribution in [0.5, 0.6) is 0 Å². The van der Waals surface area contributed by atoms with Gasteiger partial charge in [-0.25, -0.2) is 0 Å². The molecule has 0 saturated carbocycles. The fourth-order valence-corrected chi connectivity index (χ4v) is 0. The zero-order valence-electron chi connectivity index (χ0n) is 4.25. The van der Waals surface area contributed by atoms with Crippen LogP contribution in [0.1, 0.15) is 1.43 Å². The number of hydrogen-bond donors (Lipinski definition) is 0. The minimum Gasteiger partial charge on any atom is -0.577 e. The molecule has 0 radical (unpaired) electrons. The summed E-state index contributed by atoms with van der Waals surface area (Å²) in [5.41, 5.74) is 0. The Balaban J connectivity index is -0.000000180. The van der Waals surface area contributed by atoms with Crippen molar-refractivity contribution in [3.05, 3.63) is 0 Å². The van der Waals surface area contributed by atoms with E-state index in [-0.39, 0.29) is 11.3 Å². The molecule has 0 heterocycles. The van der Waals surface area contributed by atoms with Crippen LogP contribution in [0.15, 0.2) is 0 Å². The van der Waals surface area contributed by atoms with Crippen LogP contribution in [0.2, 0.25) is 0 Å². The molecule has 0 nitrogen and oxygen atoms in total. The van der Waals surface area contributed by atoms with E-state index in [1.54, 1.807) is 0 Å². The van der Waals surface area contributed by atoms with Gasteiger partial charge in [0.1, 0.15) is 0 Å². The van der Waals surface area contributed by atoms with Gasteiger partial charge in [-0.2, -0.15) is 0 Å². The molecular formula is H3F6PW. The van der Waals surface area contributed by atoms with Gasteiger partial charge in [0, 0.05) is 0 Å². The van der Waals surface area contributed by atoms with Gasteiger partial charge in [0.2, 0.25) is 0 Å². The van der Waals surface area contributed by atoms with Crippen LogP contribution in [0.4, 0.5) is 18.9 Å². The molecule has 8 heavy (non-hydrogen) atoms. The summed E-state index contributed by atoms with van der Waals surface area (Å²) < 4.78 is 59.6. The average molecular weight is 332 g/mol. The summed E-state index contributed by atoms with van der Waals surface area (Å²) in [5, 5.41) is 0. The van der Waals surface area contributed by atoms with Gasteiger partial charge in [-0.3, -0.25) is 0 Å². The fourth-order valence-electron chi connectivity index (χ4n) is 0. The van der Waals surface area contributed by atoms with E-state index in [1.165, 1.54) is 0 Å². The maximum Gasteiger partial charge on any atom is 1.00 e. The summed E-state index contributed by atoms with van der Waals surface area (Å²) in [7, 11) is 0. The van der Waals surface area contributed by atoms with Gasteiger partial charge < -0.3 is 9.90 Å². The van der Waals surface area contributed by atoms with Crippen molar-refractivity contribution in [3.8, 4) is 0 Å². The first-order chi connectivity index (χ1) is 2.45. The molecule has 0 aromatic heterocycles. The largest absolute Gasteiger partial charge is 1.00 e. The van der Waals surface area contributed by atoms with E-state index in [0.29, 0.717) is 0 Å². The van der Waals surface area contributed by atoms with Crippen LogP contribution in [-0.2, 0) is 16.7 Å². The predicted molar refractivity (Wildman–Crippen MR) is 17.5 cm³/mol. The Morgan fingerprint density at radius 2 is 0.750 bits per heavy atom. The maximum atomic E-state index is 9.93. The molecule has 0 aliphatic carbocycles. The molecule has 0 aliphatic rings. The minimum absolute atomic E-state index is 0. The van der Waals surface area contributed by atoms with Crippen molar-refractivity contribution in [2.75, 3.05) is 0 Å². The second kappa shape index (κ2) is 1.40. The van der Waals surface area contributed by atoms with Crippen LogP contribution >= 0.6 is 9.90 Å². The molecular weight excluding hydrogens is 329 g/mol. The van der Waals surface area contributed by atoms with Gasteiger partial charge in [0.05, 0.1) is 0 Å². The Morgan fingerprint density at radius 3 is 0.750 bits per heavy atom. The van der Waals surface area contributed by atoms with Crippen molar-refractivity contribution in [1.82, 2.24) is 0 Å². The van der Waals surface area contributed by atoms with E-state index < -0.39 is 16.7 Å². The van der Waals surface area contributed by atoms with Crippen LogP contribution in [0, 0.1) is 0 Å². The van der Waals surface area contributed by atoms with Gasteiger partial charge in [0.15, 0.2) is 0 Å². The van der Waals surface area contributed by atoms with Crippen molar-refractivity contribution in [3.63, 3.8) is 0 Å². The van der Waals surface area contributed by atoms with Crippen molar-refractivity contribution < 1.29 is 37.1 Å². The van der Waals surface area contributed by atoms with Gasteiger partial charge in [0.25, 0.3) is 0 Å². The quantitative estimate of drug-likeness (QED) is 0.473. The summed E-state index contributed by atoms with van der Waals surface area (Å²) in [5.74, 6) is 0. The van der Waals surface area contributed by atoms with E-state index >= 15 is 0 Å². The van der Waals surface area contributed by atoms with Crippen LogP contribution < -0.4 is 0 Å². The second-order valence-corrected chi connectivity index (χ2v) is 7.16. The van der Waals surface area contributed by atoms with Crippen LogP contribution in [0.3, 0.4) is 0 Å². The standard InChI is InChI=1S/6FH.H2P.W/h6*1H;1H2;/q;;;;;;-1;+6/p-5. The maximum absolute atomic E-state index is 11.3. The summed E-state index contributed by atoms with van der Waals surface area (Å²) in [6, 6.07) is 0. The van der Waals surface area contributed by atoms with E-state index in [0.717, 1.165) is 0 Å². The molecule has 8 heteroatoms. The Bertz CT molecular complexity index is 71.6. The number of rotatable bonds is 0. The Labute approximate surface area is 47.7 Å². The number of halogens is 6. The van der Waals surface area contributed by atoms with Crippen LogP contribution in [0.25, 0.3) is 0 Å². The number of hydrogen-bond acceptors (Lipinski definition) is 0. The smallest absolute Gasteiger partial charge is 0.577 e. The first-order valence-electron chi connectivity index (χ1n) is 0.926. The molecule has 0 unspecified atom stereocenters. The summed E-state index contributed by atoms with van der Waals surface area (Å²) in [6.07, 6.45) is 0. The van der Waals surface area contributed by atoms with Crippen molar-refractivity contribution in [1.29, 1.82) is 0 Å². The van der Waals surface area contributed by atoms with Crippen molar-refractivity contribution in [2.45, 2.75) is 0 Å². The SMILES string of the molecule is [F][W]([F])([F])([F])([F])[F].[H+].[PH2-]. The molecule has 0 bridgehead atoms. The molecule has 0 saturated heterocycles. The molecule has 0 aliphatic heterocycles. The molecule has 0 spiro atoms. The summed E-state index contributed by atoms with van der Waals surface area (Å²) in [6.45, 7) is 0. The monoisotopic (exact) mass is 332 g/mol. The molecule has 0 N–H and O–H groups in total. The van der Waals surface area contributed by atoms with Gasteiger partial charge in [-0.05, 0) is 0 Å². The van der Waals surface area contributed by atoms with Gasteiger partial charge >= 0.3 is 37.1 Å². The first-order valence-corrected chi connectivity index (χ1v) is 7.58. The Morgan fingerprint density at radius 1 is 0.750 bits per heavy atom. The fraction of sp³-hybridized carbons (Fsp3) is 0. The topological polar surface area (TPSA) is 0 Å². The van der Waals surface area contributed by atoms with Crippen LogP contribution in [-0.4, -0.2) is 0 Å². The Kier molecular flexibility index (Phi) is 2.01. The molecule has 0 fully saturated rings. The third-order valence-corrected chi connectivity index (χ3v) is 0. The second-order valence-electron chi connectivity index (χ2n) is 0.875. The molecule has 0 atom stereocenters. The normalized spacial score (nSPS) is 20.2. The van der Waals surface area contributed by atoms with E-state index in [1.807, 2.05) is 0 Å². The minimum atomic E-state index is -11.3. The van der Waals surface area contributed by atoms with E-state index in [9.17, 15) is 18.9 Å².